The first-order valence-corrected chi connectivity index (χ1v) is 11.3. The summed E-state index contributed by atoms with van der Waals surface area (Å²) in [7, 11) is -3.85. The first-order valence-electron chi connectivity index (χ1n) is 9.10. The molecular formula is C20H25N3O2S2. The fourth-order valence-corrected chi connectivity index (χ4v) is 5.37. The average molecular weight is 404 g/mol. The number of nitrogens with zero attached hydrogens (tertiary/aromatic N) is 3. The van der Waals surface area contributed by atoms with Gasteiger partial charge < -0.3 is 0 Å². The fourth-order valence-electron chi connectivity index (χ4n) is 2.97. The van der Waals surface area contributed by atoms with Crippen LogP contribution in [0.5, 0.6) is 0 Å². The van der Waals surface area contributed by atoms with Crippen LogP contribution in [0.25, 0.3) is 10.9 Å². The highest BCUT2D eigenvalue weighted by molar-refractivity contribution is 7.90. The molecule has 5 nitrogen and oxygen atoms in total. The van der Waals surface area contributed by atoms with Crippen molar-refractivity contribution in [1.29, 1.82) is 0 Å². The largest absolute Gasteiger partial charge is 0.295 e. The molecule has 0 fully saturated rings. The molecule has 0 saturated heterocycles. The Morgan fingerprint density at radius 1 is 1.19 bits per heavy atom. The molecule has 0 aliphatic rings. The third-order valence-electron chi connectivity index (χ3n) is 4.22. The number of rotatable bonds is 5. The topological polar surface area (TPSA) is 64.3 Å². The Morgan fingerprint density at radius 2 is 1.93 bits per heavy atom. The van der Waals surface area contributed by atoms with Crippen molar-refractivity contribution < 1.29 is 8.42 Å². The van der Waals surface area contributed by atoms with Gasteiger partial charge in [0.25, 0.3) is 10.0 Å². The molecule has 0 spiro atoms. The number of hydrogen-bond acceptors (Lipinski definition) is 4. The van der Waals surface area contributed by atoms with Gasteiger partial charge in [-0.1, -0.05) is 31.5 Å². The number of aryl methyl sites for hydroxylation is 1. The van der Waals surface area contributed by atoms with Crippen molar-refractivity contribution >= 4 is 32.5 Å². The van der Waals surface area contributed by atoms with Crippen LogP contribution in [0.2, 0.25) is 0 Å². The number of benzene rings is 1. The first kappa shape index (κ1) is 19.8. The Labute approximate surface area is 164 Å². The summed E-state index contributed by atoms with van der Waals surface area (Å²) in [6.45, 7) is 8.50. The maximum Gasteiger partial charge on any atom is 0.285 e. The van der Waals surface area contributed by atoms with Crippen LogP contribution >= 0.6 is 11.5 Å². The number of fused-ring (bicyclic) bond motifs is 1. The van der Waals surface area contributed by atoms with Gasteiger partial charge in [-0.3, -0.25) is 8.94 Å². The van der Waals surface area contributed by atoms with Gasteiger partial charge in [-0.2, -0.15) is 8.42 Å². The Balaban J connectivity index is 2.13. The average Bonchev–Trinajstić information content (AvgIpc) is 3.01. The Bertz CT molecular complexity index is 1110. The highest BCUT2D eigenvalue weighted by Gasteiger charge is 2.20. The van der Waals surface area contributed by atoms with Gasteiger partial charge in [-0.15, -0.1) is 4.40 Å². The first-order chi connectivity index (χ1) is 12.7. The van der Waals surface area contributed by atoms with Crippen LogP contribution in [0, 0.1) is 0 Å². The highest BCUT2D eigenvalue weighted by atomic mass is 32.2. The second kappa shape index (κ2) is 7.56. The second-order valence-electron chi connectivity index (χ2n) is 7.53. The molecule has 3 rings (SSSR count). The van der Waals surface area contributed by atoms with E-state index < -0.39 is 10.0 Å². The van der Waals surface area contributed by atoms with Crippen molar-refractivity contribution in [2.24, 2.45) is 4.40 Å². The predicted molar refractivity (Wildman–Crippen MR) is 110 cm³/mol. The molecule has 0 radical (unpaired) electrons. The smallest absolute Gasteiger partial charge is 0.285 e. The molecule has 7 heteroatoms. The van der Waals surface area contributed by atoms with Gasteiger partial charge in [0.1, 0.15) is 9.57 Å². The molecule has 27 heavy (non-hydrogen) atoms. The van der Waals surface area contributed by atoms with E-state index in [1.807, 2.05) is 18.2 Å². The summed E-state index contributed by atoms with van der Waals surface area (Å²) in [5.41, 5.74) is 1.46. The lowest BCUT2D eigenvalue weighted by Gasteiger charge is -2.22. The lowest BCUT2D eigenvalue weighted by atomic mass is 10.1. The molecule has 3 aromatic rings. The van der Waals surface area contributed by atoms with E-state index in [4.69, 9.17) is 0 Å². The summed E-state index contributed by atoms with van der Waals surface area (Å²) in [5, 5.41) is 0.786. The summed E-state index contributed by atoms with van der Waals surface area (Å²) in [6, 6.07) is 10.7. The van der Waals surface area contributed by atoms with Crippen LogP contribution in [0.1, 0.15) is 46.2 Å². The van der Waals surface area contributed by atoms with Crippen molar-refractivity contribution in [2.45, 2.75) is 57.4 Å². The van der Waals surface area contributed by atoms with E-state index in [1.54, 1.807) is 24.4 Å². The van der Waals surface area contributed by atoms with Gasteiger partial charge in [0.2, 0.25) is 0 Å². The minimum absolute atomic E-state index is 0.119. The van der Waals surface area contributed by atoms with Crippen molar-refractivity contribution in [2.75, 3.05) is 0 Å². The molecule has 2 heterocycles. The Morgan fingerprint density at radius 3 is 2.63 bits per heavy atom. The Hall–Kier alpha value is -1.99. The molecule has 0 unspecified atom stereocenters. The Kier molecular flexibility index (Phi) is 5.53. The third-order valence-corrected chi connectivity index (χ3v) is 7.01. The fraction of sp³-hybridized carbons (Fsp3) is 0.400. The number of unbranched alkanes of at least 4 members (excludes halogenated alkanes) is 1. The van der Waals surface area contributed by atoms with Gasteiger partial charge in [0.15, 0.2) is 0 Å². The van der Waals surface area contributed by atoms with E-state index in [0.717, 1.165) is 30.3 Å². The van der Waals surface area contributed by atoms with Gasteiger partial charge in [-0.25, -0.2) is 0 Å². The van der Waals surface area contributed by atoms with Crippen molar-refractivity contribution in [3.05, 3.63) is 53.0 Å². The van der Waals surface area contributed by atoms with Crippen molar-refractivity contribution in [1.82, 2.24) is 8.94 Å². The minimum Gasteiger partial charge on any atom is -0.295 e. The summed E-state index contributed by atoms with van der Waals surface area (Å²) in [5.74, 6) is 0. The molecule has 0 N–H and O–H groups in total. The molecule has 0 amide bonds. The molecule has 0 bridgehead atoms. The van der Waals surface area contributed by atoms with Gasteiger partial charge >= 0.3 is 0 Å². The standard InChI is InChI=1S/C20H25N3O2S2/c1-5-6-11-16-14-18(26-23(16)20(2,3)4)22-27(24,25)17-12-7-9-15-10-8-13-21-19(15)17/h7-10,12-14H,5-6,11H2,1-4H3. The van der Waals surface area contributed by atoms with Crippen molar-refractivity contribution in [3.63, 3.8) is 0 Å². The number of hydrogen-bond donors (Lipinski definition) is 0. The lowest BCUT2D eigenvalue weighted by molar-refractivity contribution is 0.414. The maximum atomic E-state index is 13.0. The summed E-state index contributed by atoms with van der Waals surface area (Å²) < 4.78 is 32.8. The van der Waals surface area contributed by atoms with E-state index >= 15 is 0 Å². The van der Waals surface area contributed by atoms with E-state index in [1.165, 1.54) is 11.5 Å². The molecule has 0 aliphatic heterocycles. The monoisotopic (exact) mass is 403 g/mol. The zero-order valence-electron chi connectivity index (χ0n) is 16.1. The van der Waals surface area contributed by atoms with E-state index in [2.05, 4.69) is 41.0 Å². The van der Waals surface area contributed by atoms with E-state index in [-0.39, 0.29) is 10.4 Å². The highest BCUT2D eigenvalue weighted by Crippen LogP contribution is 2.24. The molecule has 2 aromatic heterocycles. The zero-order valence-corrected chi connectivity index (χ0v) is 17.8. The van der Waals surface area contributed by atoms with Crippen LogP contribution in [-0.4, -0.2) is 17.4 Å². The molecule has 0 atom stereocenters. The molecule has 0 aliphatic carbocycles. The molecule has 144 valence electrons. The molecular weight excluding hydrogens is 378 g/mol. The number of sulfonamides is 1. The van der Waals surface area contributed by atoms with Crippen LogP contribution in [0.4, 0.5) is 0 Å². The van der Waals surface area contributed by atoms with Crippen molar-refractivity contribution in [3.8, 4) is 0 Å². The van der Waals surface area contributed by atoms with Crippen LogP contribution < -0.4 is 4.67 Å². The van der Waals surface area contributed by atoms with Crippen LogP contribution in [0.3, 0.4) is 0 Å². The zero-order chi connectivity index (χ0) is 19.7. The predicted octanol–water partition coefficient (Wildman–Crippen LogP) is 4.49. The molecule has 1 aromatic carbocycles. The second-order valence-corrected chi connectivity index (χ2v) is 10.1. The number of aromatic nitrogens is 2. The molecule has 0 saturated carbocycles. The van der Waals surface area contributed by atoms with Gasteiger partial charge in [-0.05, 0) is 63.3 Å². The van der Waals surface area contributed by atoms with Gasteiger partial charge in [0.05, 0.1) is 5.52 Å². The summed E-state index contributed by atoms with van der Waals surface area (Å²) in [4.78, 5) is 4.40. The summed E-state index contributed by atoms with van der Waals surface area (Å²) >= 11 is 1.39. The maximum absolute atomic E-state index is 13.0. The number of pyridine rings is 1. The van der Waals surface area contributed by atoms with E-state index in [9.17, 15) is 8.42 Å². The quantitative estimate of drug-likeness (QED) is 0.631. The minimum atomic E-state index is -3.85. The van der Waals surface area contributed by atoms with Crippen LogP contribution in [0.15, 0.2) is 51.9 Å². The lowest BCUT2D eigenvalue weighted by Crippen LogP contribution is -2.21. The van der Waals surface area contributed by atoms with E-state index in [0.29, 0.717) is 10.2 Å². The number of para-hydroxylation sites is 1. The normalized spacial score (nSPS) is 13.4. The summed E-state index contributed by atoms with van der Waals surface area (Å²) in [6.07, 6.45) is 4.66. The third kappa shape index (κ3) is 4.30. The van der Waals surface area contributed by atoms with Gasteiger partial charge in [0, 0.05) is 22.8 Å². The van der Waals surface area contributed by atoms with Crippen LogP contribution in [-0.2, 0) is 22.0 Å². The SMILES string of the molecule is CCCCc1cc(=NS(=O)(=O)c2cccc3cccnc23)sn1C(C)(C)C.